The normalized spacial score (nSPS) is 23.7. The fourth-order valence-corrected chi connectivity index (χ4v) is 3.39. The van der Waals surface area contributed by atoms with Crippen LogP contribution in [0.4, 0.5) is 0 Å². The number of aliphatic hydroxyl groups excluding tert-OH is 1. The van der Waals surface area contributed by atoms with Crippen molar-refractivity contribution in [2.45, 2.75) is 44.9 Å². The largest absolute Gasteiger partial charge is 0.392 e. The predicted molar refractivity (Wildman–Crippen MR) is 110 cm³/mol. The molecule has 0 spiro atoms. The molecule has 0 amide bonds. The van der Waals surface area contributed by atoms with E-state index < -0.39 is 0 Å². The zero-order valence-corrected chi connectivity index (χ0v) is 16.4. The zero-order chi connectivity index (χ0) is 19.6. The van der Waals surface area contributed by atoms with Gasteiger partial charge in [-0.1, -0.05) is 79.7 Å². The first kappa shape index (κ1) is 20.7. The van der Waals surface area contributed by atoms with Gasteiger partial charge in [0.2, 0.25) is 0 Å². The molecule has 28 heavy (non-hydrogen) atoms. The van der Waals surface area contributed by atoms with Gasteiger partial charge >= 0.3 is 0 Å². The van der Waals surface area contributed by atoms with Crippen LogP contribution in [0.25, 0.3) is 0 Å². The van der Waals surface area contributed by atoms with Gasteiger partial charge in [-0.25, -0.2) is 0 Å². The van der Waals surface area contributed by atoms with E-state index in [-0.39, 0.29) is 31.0 Å². The van der Waals surface area contributed by atoms with Crippen molar-refractivity contribution in [1.29, 1.82) is 0 Å². The van der Waals surface area contributed by atoms with Crippen molar-refractivity contribution in [3.8, 4) is 0 Å². The maximum Gasteiger partial charge on any atom is 0.184 e. The van der Waals surface area contributed by atoms with Crippen molar-refractivity contribution < 1.29 is 19.3 Å². The minimum Gasteiger partial charge on any atom is -0.392 e. The van der Waals surface area contributed by atoms with Crippen LogP contribution in [0.2, 0.25) is 0 Å². The summed E-state index contributed by atoms with van der Waals surface area (Å²) in [6.07, 6.45) is 5.06. The Morgan fingerprint density at radius 2 is 1.75 bits per heavy atom. The average Bonchev–Trinajstić information content (AvgIpc) is 2.75. The highest BCUT2D eigenvalue weighted by Gasteiger charge is 2.33. The summed E-state index contributed by atoms with van der Waals surface area (Å²) in [5.74, 6) is 0.253. The van der Waals surface area contributed by atoms with E-state index in [1.54, 1.807) is 6.08 Å². The Morgan fingerprint density at radius 3 is 2.46 bits per heavy atom. The highest BCUT2D eigenvalue weighted by molar-refractivity contribution is 5.16. The highest BCUT2D eigenvalue weighted by atomic mass is 16.7. The molecule has 0 bridgehead atoms. The molecule has 1 fully saturated rings. The Balaban J connectivity index is 1.59. The first-order valence-electron chi connectivity index (χ1n) is 9.99. The predicted octanol–water partition coefficient (Wildman–Crippen LogP) is 4.65. The molecule has 0 aliphatic carbocycles. The summed E-state index contributed by atoms with van der Waals surface area (Å²) in [5.41, 5.74) is 2.21. The van der Waals surface area contributed by atoms with Crippen molar-refractivity contribution in [3.63, 3.8) is 0 Å². The summed E-state index contributed by atoms with van der Waals surface area (Å²) in [7, 11) is 0. The van der Waals surface area contributed by atoms with Crippen molar-refractivity contribution >= 4 is 0 Å². The second-order valence-electron chi connectivity index (χ2n) is 7.28. The van der Waals surface area contributed by atoms with Gasteiger partial charge in [-0.15, -0.1) is 0 Å². The molecule has 2 aromatic rings. The van der Waals surface area contributed by atoms with E-state index in [1.807, 2.05) is 54.6 Å². The van der Waals surface area contributed by atoms with Crippen LogP contribution in [-0.2, 0) is 20.8 Å². The molecular formula is C24H30O4. The molecular weight excluding hydrogens is 352 g/mol. The molecule has 1 unspecified atom stereocenters. The third kappa shape index (κ3) is 6.28. The van der Waals surface area contributed by atoms with Gasteiger partial charge in [-0.05, 0) is 12.0 Å². The molecule has 4 nitrogen and oxygen atoms in total. The number of rotatable bonds is 9. The smallest absolute Gasteiger partial charge is 0.184 e. The second-order valence-corrected chi connectivity index (χ2v) is 7.28. The van der Waals surface area contributed by atoms with Crippen LogP contribution in [0.1, 0.15) is 37.2 Å². The van der Waals surface area contributed by atoms with E-state index in [2.05, 4.69) is 19.1 Å². The molecule has 150 valence electrons. The lowest BCUT2D eigenvalue weighted by Gasteiger charge is -2.38. The quantitative estimate of drug-likeness (QED) is 0.641. The molecule has 1 aliphatic rings. The van der Waals surface area contributed by atoms with E-state index in [0.29, 0.717) is 13.2 Å². The van der Waals surface area contributed by atoms with Gasteiger partial charge in [-0.2, -0.15) is 0 Å². The summed E-state index contributed by atoms with van der Waals surface area (Å²) >= 11 is 0. The molecule has 1 aliphatic heterocycles. The fraction of sp³-hybridized carbons (Fsp3) is 0.417. The van der Waals surface area contributed by atoms with E-state index in [9.17, 15) is 0 Å². The Hall–Kier alpha value is -1.98. The van der Waals surface area contributed by atoms with Gasteiger partial charge in [0.15, 0.2) is 6.29 Å². The monoisotopic (exact) mass is 382 g/mol. The first-order chi connectivity index (χ1) is 13.8. The SMILES string of the molecule is C[C@@H](COCc1ccccc1)[C@@H]1C[C@H](C/C=C/CO)OC(c2ccccc2)O1. The Bertz CT molecular complexity index is 701. The average molecular weight is 383 g/mol. The Kier molecular flexibility index (Phi) is 8.24. The molecule has 1 saturated heterocycles. The van der Waals surface area contributed by atoms with E-state index in [0.717, 1.165) is 18.4 Å². The summed E-state index contributed by atoms with van der Waals surface area (Å²) in [4.78, 5) is 0. The maximum atomic E-state index is 8.99. The molecule has 0 radical (unpaired) electrons. The summed E-state index contributed by atoms with van der Waals surface area (Å²) in [6.45, 7) is 3.47. The summed E-state index contributed by atoms with van der Waals surface area (Å²) in [5, 5.41) is 8.99. The molecule has 0 aromatic heterocycles. The van der Waals surface area contributed by atoms with Crippen LogP contribution in [-0.4, -0.2) is 30.5 Å². The third-order valence-corrected chi connectivity index (χ3v) is 4.98. The van der Waals surface area contributed by atoms with Crippen molar-refractivity contribution in [2.75, 3.05) is 13.2 Å². The number of benzene rings is 2. The second kappa shape index (κ2) is 11.1. The lowest BCUT2D eigenvalue weighted by molar-refractivity contribution is -0.259. The van der Waals surface area contributed by atoms with E-state index in [4.69, 9.17) is 19.3 Å². The van der Waals surface area contributed by atoms with Gasteiger partial charge < -0.3 is 19.3 Å². The minimum atomic E-state index is -0.371. The standard InChI is InChI=1S/C24H30O4/c1-19(17-26-18-20-10-4-2-5-11-20)23-16-22(14-8-9-15-25)27-24(28-23)21-12-6-3-7-13-21/h2-13,19,22-25H,14-18H2,1H3/b9-8+/t19-,22-,23-,24?/m0/s1. The Morgan fingerprint density at radius 1 is 1.04 bits per heavy atom. The topological polar surface area (TPSA) is 47.9 Å². The van der Waals surface area contributed by atoms with Gasteiger partial charge in [0, 0.05) is 17.9 Å². The zero-order valence-electron chi connectivity index (χ0n) is 16.4. The third-order valence-electron chi connectivity index (χ3n) is 4.98. The molecule has 4 atom stereocenters. The maximum absolute atomic E-state index is 8.99. The number of aliphatic hydroxyl groups is 1. The number of ether oxygens (including phenoxy) is 3. The van der Waals surface area contributed by atoms with Crippen molar-refractivity contribution in [1.82, 2.24) is 0 Å². The van der Waals surface area contributed by atoms with Crippen LogP contribution in [0.3, 0.4) is 0 Å². The molecule has 1 heterocycles. The van der Waals surface area contributed by atoms with Gasteiger partial charge in [0.1, 0.15) is 0 Å². The van der Waals surface area contributed by atoms with Crippen molar-refractivity contribution in [2.24, 2.45) is 5.92 Å². The summed E-state index contributed by atoms with van der Waals surface area (Å²) < 4.78 is 18.4. The molecule has 2 aromatic carbocycles. The lowest BCUT2D eigenvalue weighted by Crippen LogP contribution is -2.38. The van der Waals surface area contributed by atoms with Crippen molar-refractivity contribution in [3.05, 3.63) is 83.9 Å². The Labute approximate surface area is 167 Å². The molecule has 4 heteroatoms. The number of hydrogen-bond donors (Lipinski definition) is 1. The summed E-state index contributed by atoms with van der Waals surface area (Å²) in [6, 6.07) is 20.3. The van der Waals surface area contributed by atoms with E-state index in [1.165, 1.54) is 5.56 Å². The molecule has 3 rings (SSSR count). The lowest BCUT2D eigenvalue weighted by atomic mass is 9.96. The molecule has 1 N–H and O–H groups in total. The number of hydrogen-bond acceptors (Lipinski definition) is 4. The fourth-order valence-electron chi connectivity index (χ4n) is 3.39. The van der Waals surface area contributed by atoms with Crippen LogP contribution in [0.5, 0.6) is 0 Å². The van der Waals surface area contributed by atoms with Gasteiger partial charge in [0.05, 0.1) is 32.0 Å². The minimum absolute atomic E-state index is 0.0541. The van der Waals surface area contributed by atoms with E-state index >= 15 is 0 Å². The van der Waals surface area contributed by atoms with Crippen LogP contribution >= 0.6 is 0 Å². The van der Waals surface area contributed by atoms with Crippen LogP contribution in [0.15, 0.2) is 72.8 Å². The van der Waals surface area contributed by atoms with Crippen LogP contribution in [0, 0.1) is 5.92 Å². The molecule has 0 saturated carbocycles. The van der Waals surface area contributed by atoms with Crippen LogP contribution < -0.4 is 0 Å². The van der Waals surface area contributed by atoms with Gasteiger partial charge in [-0.3, -0.25) is 0 Å². The first-order valence-corrected chi connectivity index (χ1v) is 9.99. The van der Waals surface area contributed by atoms with Gasteiger partial charge in [0.25, 0.3) is 0 Å². The highest BCUT2D eigenvalue weighted by Crippen LogP contribution is 2.34.